The van der Waals surface area contributed by atoms with Crippen LogP contribution in [0.3, 0.4) is 0 Å². The average Bonchev–Trinajstić information content (AvgIpc) is 2.82. The van der Waals surface area contributed by atoms with E-state index in [4.69, 9.17) is 0 Å². The summed E-state index contributed by atoms with van der Waals surface area (Å²) in [5.41, 5.74) is 0. The molecule has 0 unspecified atom stereocenters. The lowest BCUT2D eigenvalue weighted by Gasteiger charge is -2.30. The van der Waals surface area contributed by atoms with Gasteiger partial charge in [0.15, 0.2) is 10.8 Å². The highest BCUT2D eigenvalue weighted by Gasteiger charge is 2.12. The van der Waals surface area contributed by atoms with E-state index in [0.717, 1.165) is 0 Å². The molecule has 0 amide bonds. The van der Waals surface area contributed by atoms with Gasteiger partial charge in [-0.3, -0.25) is 0 Å². The van der Waals surface area contributed by atoms with Crippen molar-refractivity contribution >= 4 is 125 Å². The first-order valence-corrected chi connectivity index (χ1v) is 19.1. The Kier molecular flexibility index (Phi) is 50.5. The smallest absolute Gasteiger partial charge is 0.188 e. The minimum atomic E-state index is -0.634. The Bertz CT molecular complexity index is 328. The van der Waals surface area contributed by atoms with Crippen molar-refractivity contribution < 1.29 is 28.5 Å². The van der Waals surface area contributed by atoms with Crippen LogP contribution in [0.15, 0.2) is 0 Å². The Labute approximate surface area is 292 Å². The molecule has 36 heavy (non-hydrogen) atoms. The van der Waals surface area contributed by atoms with Crippen molar-refractivity contribution in [1.82, 2.24) is 0 Å². The van der Waals surface area contributed by atoms with Crippen LogP contribution < -0.4 is 15.1 Å². The van der Waals surface area contributed by atoms with E-state index < -0.39 is 10.8 Å². The molecule has 0 saturated carbocycles. The van der Waals surface area contributed by atoms with Gasteiger partial charge in [0.05, 0.1) is 80.0 Å². The molecule has 0 fully saturated rings. The maximum absolute atomic E-state index is 9.43. The van der Waals surface area contributed by atoms with Gasteiger partial charge >= 0.3 is 0 Å². The van der Waals surface area contributed by atoms with Crippen molar-refractivity contribution in [2.45, 2.75) is 62.3 Å². The van der Waals surface area contributed by atoms with Gasteiger partial charge in [-0.2, -0.15) is 114 Å². The monoisotopic (exact) mass is 1050 g/mol. The van der Waals surface area contributed by atoms with Crippen molar-refractivity contribution in [3.8, 4) is 0 Å². The second kappa shape index (κ2) is 34.8. The van der Waals surface area contributed by atoms with Crippen LogP contribution in [-0.4, -0.2) is 104 Å². The van der Waals surface area contributed by atoms with Gasteiger partial charge in [0.1, 0.15) is 0 Å². The van der Waals surface area contributed by atoms with Gasteiger partial charge in [-0.25, -0.2) is 0 Å². The SMILES string of the molecule is CC[N+](C)(CC)CC.CC[N+](C)(CC)CC.CC[N+](C)(CC)CC.[O-]B(Br)I.[O-]B(Br)I.[O-]B(Br)I. The number of rotatable bonds is 9. The molecule has 0 atom stereocenters. The predicted molar refractivity (Wildman–Crippen MR) is 200 cm³/mol. The Morgan fingerprint density at radius 3 is 0.472 bits per heavy atom. The molecule has 0 aliphatic rings. The minimum Gasteiger partial charge on any atom is -0.861 e. The van der Waals surface area contributed by atoms with E-state index in [1.807, 2.05) is 0 Å². The molecule has 0 aromatic carbocycles. The number of nitrogens with zero attached hydrogens (tertiary/aromatic N) is 3. The summed E-state index contributed by atoms with van der Waals surface area (Å²) in [6, 6.07) is 0. The van der Waals surface area contributed by atoms with Gasteiger partial charge in [-0.15, -0.1) is 0 Å². The van der Waals surface area contributed by atoms with E-state index in [0.29, 0.717) is 0 Å². The number of hydrogen-bond donors (Lipinski definition) is 0. The van der Waals surface area contributed by atoms with Crippen LogP contribution in [0.4, 0.5) is 0 Å². The van der Waals surface area contributed by atoms with E-state index in [1.165, 1.54) is 72.4 Å². The van der Waals surface area contributed by atoms with Gasteiger partial charge < -0.3 is 28.5 Å². The van der Waals surface area contributed by atoms with E-state index in [-0.39, 0.29) is 0 Å². The number of halogens is 6. The van der Waals surface area contributed by atoms with E-state index >= 15 is 0 Å². The van der Waals surface area contributed by atoms with Gasteiger partial charge in [0.2, 0.25) is 0 Å². The standard InChI is InChI=1S/3C7H18N.3BBrIO/c3*1-5-8(4,6-2)7-3;3*2-1(3)4/h3*5-7H2,1-4H3;;;/q3*+1;3*-1. The first-order valence-electron chi connectivity index (χ1n) is 12.6. The van der Waals surface area contributed by atoms with Crippen LogP contribution in [0, 0.1) is 0 Å². The zero-order valence-electron chi connectivity index (χ0n) is 24.9. The minimum absolute atomic E-state index is 0.634. The Balaban J connectivity index is -0.0000000773. The van der Waals surface area contributed by atoms with E-state index in [1.54, 1.807) is 67.1 Å². The van der Waals surface area contributed by atoms with E-state index in [2.05, 4.69) is 131 Å². The molecular weight excluding hydrogens is 995 g/mol. The van der Waals surface area contributed by atoms with Crippen molar-refractivity contribution in [3.63, 3.8) is 0 Å². The molecule has 0 rings (SSSR count). The Hall–Kier alpha value is 3.58. The highest BCUT2D eigenvalue weighted by Crippen LogP contribution is 1.99. The van der Waals surface area contributed by atoms with Crippen LogP contribution >= 0.6 is 114 Å². The Morgan fingerprint density at radius 2 is 0.472 bits per heavy atom. The summed E-state index contributed by atoms with van der Waals surface area (Å²) in [4.78, 5) is 0. The summed E-state index contributed by atoms with van der Waals surface area (Å²) >= 11 is 13.2. The normalized spacial score (nSPS) is 10.2. The topological polar surface area (TPSA) is 69.2 Å². The maximum atomic E-state index is 9.43. The fourth-order valence-electron chi connectivity index (χ4n) is 2.01. The second-order valence-corrected chi connectivity index (χ2v) is 19.5. The van der Waals surface area contributed by atoms with Crippen LogP contribution in [0.25, 0.3) is 0 Å². The zero-order chi connectivity index (χ0) is 30.6. The lowest BCUT2D eigenvalue weighted by molar-refractivity contribution is -0.904. The fraction of sp³-hybridized carbons (Fsp3) is 1.00. The zero-order valence-corrected chi connectivity index (χ0v) is 36.2. The molecule has 0 radical (unpaired) electrons. The molecule has 0 aliphatic carbocycles. The van der Waals surface area contributed by atoms with Gasteiger partial charge in [0, 0.05) is 0 Å². The highest BCUT2D eigenvalue weighted by molar-refractivity contribution is 14.1. The molecular formula is C21H54B3Br3I3N3O3. The second-order valence-electron chi connectivity index (χ2n) is 8.49. The molecule has 6 nitrogen and oxygen atoms in total. The third-order valence-corrected chi connectivity index (χ3v) is 6.87. The summed E-state index contributed by atoms with van der Waals surface area (Å²) in [5, 5.41) is 28.3. The number of quaternary nitrogens is 3. The van der Waals surface area contributed by atoms with Crippen LogP contribution in [0.5, 0.6) is 0 Å². The highest BCUT2D eigenvalue weighted by atomic mass is 127. The van der Waals surface area contributed by atoms with Crippen molar-refractivity contribution in [2.24, 2.45) is 0 Å². The van der Waals surface area contributed by atoms with Crippen LogP contribution in [0.1, 0.15) is 62.3 Å². The predicted octanol–water partition coefficient (Wildman–Crippen LogP) is 4.96. The molecule has 0 spiro atoms. The van der Waals surface area contributed by atoms with Crippen molar-refractivity contribution in [3.05, 3.63) is 0 Å². The molecule has 0 aromatic rings. The third kappa shape index (κ3) is 53.8. The lowest BCUT2D eigenvalue weighted by Crippen LogP contribution is -2.42. The molecule has 0 bridgehead atoms. The van der Waals surface area contributed by atoms with Crippen molar-refractivity contribution in [2.75, 3.05) is 80.0 Å². The average molecular weight is 1050 g/mol. The molecule has 0 aliphatic heterocycles. The molecule has 0 heterocycles. The van der Waals surface area contributed by atoms with Crippen LogP contribution in [-0.2, 0) is 0 Å². The van der Waals surface area contributed by atoms with Crippen molar-refractivity contribution in [1.29, 1.82) is 0 Å². The summed E-state index contributed by atoms with van der Waals surface area (Å²) < 4.78 is 1.72. The van der Waals surface area contributed by atoms with Crippen LogP contribution in [0.2, 0.25) is 0 Å². The molecule has 222 valence electrons. The van der Waals surface area contributed by atoms with Gasteiger partial charge in [-0.1, -0.05) is 0 Å². The lowest BCUT2D eigenvalue weighted by atomic mass is 10.4. The summed E-state index contributed by atoms with van der Waals surface area (Å²) in [6.07, 6.45) is 0. The molecule has 15 heteroatoms. The molecule has 0 aromatic heterocycles. The quantitative estimate of drug-likeness (QED) is 0.187. The first kappa shape index (κ1) is 52.2. The first-order chi connectivity index (χ1) is 16.2. The summed E-state index contributed by atoms with van der Waals surface area (Å²) in [5.74, 6) is 0. The van der Waals surface area contributed by atoms with Gasteiger partial charge in [-0.05, 0) is 62.3 Å². The number of hydrogen-bond acceptors (Lipinski definition) is 3. The largest absolute Gasteiger partial charge is 0.861 e. The Morgan fingerprint density at radius 1 is 0.417 bits per heavy atom. The maximum Gasteiger partial charge on any atom is 0.188 e. The molecule has 0 saturated heterocycles. The molecule has 0 N–H and O–H groups in total. The third-order valence-electron chi connectivity index (χ3n) is 6.87. The fourth-order valence-corrected chi connectivity index (χ4v) is 2.01. The van der Waals surface area contributed by atoms with E-state index in [9.17, 15) is 15.1 Å². The van der Waals surface area contributed by atoms with Gasteiger partial charge in [0.25, 0.3) is 0 Å². The summed E-state index contributed by atoms with van der Waals surface area (Å²) in [6.45, 7) is 31.5. The summed E-state index contributed by atoms with van der Waals surface area (Å²) in [7, 11) is 6.88.